The van der Waals surface area contributed by atoms with Crippen molar-refractivity contribution >= 4 is 5.57 Å². The summed E-state index contributed by atoms with van der Waals surface area (Å²) < 4.78 is 13.4. The normalized spacial score (nSPS) is 12.2. The maximum atomic E-state index is 13.4. The molecule has 0 unspecified atom stereocenters. The van der Waals surface area contributed by atoms with Gasteiger partial charge < -0.3 is 5.32 Å². The number of nitrogens with zero attached hydrogens (tertiary/aromatic N) is 1. The van der Waals surface area contributed by atoms with Crippen molar-refractivity contribution < 1.29 is 4.39 Å². The van der Waals surface area contributed by atoms with Gasteiger partial charge in [0, 0.05) is 17.8 Å². The summed E-state index contributed by atoms with van der Waals surface area (Å²) in [7, 11) is 0. The van der Waals surface area contributed by atoms with Crippen LogP contribution >= 0.6 is 0 Å². The minimum atomic E-state index is -0.256. The zero-order valence-corrected chi connectivity index (χ0v) is 10.1. The number of rotatable bonds is 5. The number of aromatic nitrogens is 1. The lowest BCUT2D eigenvalue weighted by molar-refractivity contribution is 0.594. The Bertz CT molecular complexity index is 359. The molecule has 0 fully saturated rings. The number of halogens is 1. The highest BCUT2D eigenvalue weighted by Gasteiger charge is 2.02. The van der Waals surface area contributed by atoms with Gasteiger partial charge in [-0.25, -0.2) is 4.39 Å². The van der Waals surface area contributed by atoms with Gasteiger partial charge in [0.05, 0.1) is 6.20 Å². The zero-order valence-electron chi connectivity index (χ0n) is 10.1. The Labute approximate surface area is 96.6 Å². The summed E-state index contributed by atoms with van der Waals surface area (Å²) in [5, 5.41) is 3.32. The van der Waals surface area contributed by atoms with E-state index in [1.807, 2.05) is 13.0 Å². The predicted octanol–water partition coefficient (Wildman–Crippen LogP) is 3.01. The van der Waals surface area contributed by atoms with Crippen LogP contribution in [0.4, 0.5) is 4.39 Å². The monoisotopic (exact) mass is 222 g/mol. The SMILES string of the molecule is C/C(=C/CCNC(C)C)c1ccncc1F. The number of nitrogens with one attached hydrogen (secondary N) is 1. The van der Waals surface area contributed by atoms with Crippen LogP contribution in [-0.2, 0) is 0 Å². The van der Waals surface area contributed by atoms with E-state index in [9.17, 15) is 4.39 Å². The molecule has 0 amide bonds. The second-order valence-corrected chi connectivity index (χ2v) is 4.14. The molecule has 0 bridgehead atoms. The molecule has 0 radical (unpaired) electrons. The zero-order chi connectivity index (χ0) is 12.0. The van der Waals surface area contributed by atoms with E-state index in [-0.39, 0.29) is 5.82 Å². The van der Waals surface area contributed by atoms with Gasteiger partial charge in [-0.3, -0.25) is 4.98 Å². The minimum absolute atomic E-state index is 0.256. The van der Waals surface area contributed by atoms with Gasteiger partial charge in [-0.15, -0.1) is 0 Å². The summed E-state index contributed by atoms with van der Waals surface area (Å²) in [4.78, 5) is 3.73. The largest absolute Gasteiger partial charge is 0.314 e. The quantitative estimate of drug-likeness (QED) is 0.775. The molecule has 0 saturated carbocycles. The van der Waals surface area contributed by atoms with Gasteiger partial charge in [0.25, 0.3) is 0 Å². The summed E-state index contributed by atoms with van der Waals surface area (Å²) in [6, 6.07) is 2.20. The molecule has 1 N–H and O–H groups in total. The second kappa shape index (κ2) is 6.38. The fraction of sp³-hybridized carbons (Fsp3) is 0.462. The van der Waals surface area contributed by atoms with Crippen LogP contribution in [0.5, 0.6) is 0 Å². The van der Waals surface area contributed by atoms with Crippen molar-refractivity contribution in [3.05, 3.63) is 35.9 Å². The Kier molecular flexibility index (Phi) is 5.12. The van der Waals surface area contributed by atoms with Crippen LogP contribution in [0.25, 0.3) is 5.57 Å². The third-order valence-corrected chi connectivity index (χ3v) is 2.34. The van der Waals surface area contributed by atoms with E-state index in [0.29, 0.717) is 11.6 Å². The van der Waals surface area contributed by atoms with Gasteiger partial charge >= 0.3 is 0 Å². The average molecular weight is 222 g/mol. The Morgan fingerprint density at radius 3 is 2.94 bits per heavy atom. The first-order chi connectivity index (χ1) is 7.61. The lowest BCUT2D eigenvalue weighted by Gasteiger charge is -2.06. The molecule has 16 heavy (non-hydrogen) atoms. The summed E-state index contributed by atoms with van der Waals surface area (Å²) in [6.07, 6.45) is 5.82. The van der Waals surface area contributed by atoms with Crippen LogP contribution in [0.1, 0.15) is 32.8 Å². The molecular weight excluding hydrogens is 203 g/mol. The number of hydrogen-bond donors (Lipinski definition) is 1. The predicted molar refractivity (Wildman–Crippen MR) is 65.6 cm³/mol. The highest BCUT2D eigenvalue weighted by Crippen LogP contribution is 2.16. The fourth-order valence-electron chi connectivity index (χ4n) is 1.47. The first-order valence-corrected chi connectivity index (χ1v) is 5.61. The van der Waals surface area contributed by atoms with Gasteiger partial charge in [0.15, 0.2) is 0 Å². The third kappa shape index (κ3) is 4.11. The van der Waals surface area contributed by atoms with Crippen molar-refractivity contribution in [1.82, 2.24) is 10.3 Å². The van der Waals surface area contributed by atoms with E-state index in [1.165, 1.54) is 6.20 Å². The first-order valence-electron chi connectivity index (χ1n) is 5.61. The van der Waals surface area contributed by atoms with E-state index >= 15 is 0 Å². The van der Waals surface area contributed by atoms with Crippen LogP contribution in [-0.4, -0.2) is 17.6 Å². The molecule has 1 aromatic heterocycles. The number of pyridine rings is 1. The van der Waals surface area contributed by atoms with Gasteiger partial charge in [-0.2, -0.15) is 0 Å². The van der Waals surface area contributed by atoms with E-state index in [4.69, 9.17) is 0 Å². The van der Waals surface area contributed by atoms with E-state index in [0.717, 1.165) is 18.5 Å². The molecule has 0 aromatic carbocycles. The molecule has 1 aromatic rings. The Hall–Kier alpha value is -1.22. The topological polar surface area (TPSA) is 24.9 Å². The number of hydrogen-bond acceptors (Lipinski definition) is 2. The molecule has 1 heterocycles. The lowest BCUT2D eigenvalue weighted by Crippen LogP contribution is -2.23. The summed E-state index contributed by atoms with van der Waals surface area (Å²) in [5.74, 6) is -0.256. The van der Waals surface area contributed by atoms with E-state index in [1.54, 1.807) is 12.3 Å². The van der Waals surface area contributed by atoms with Gasteiger partial charge in [0.2, 0.25) is 0 Å². The van der Waals surface area contributed by atoms with E-state index in [2.05, 4.69) is 24.1 Å². The molecular formula is C13H19FN2. The maximum absolute atomic E-state index is 13.4. The average Bonchev–Trinajstić information content (AvgIpc) is 2.24. The smallest absolute Gasteiger partial charge is 0.148 e. The van der Waals surface area contributed by atoms with Gasteiger partial charge in [0.1, 0.15) is 5.82 Å². The molecule has 2 nitrogen and oxygen atoms in total. The molecule has 0 atom stereocenters. The van der Waals surface area contributed by atoms with Crippen LogP contribution in [0.3, 0.4) is 0 Å². The summed E-state index contributed by atoms with van der Waals surface area (Å²) in [5.41, 5.74) is 1.60. The van der Waals surface area contributed by atoms with Crippen LogP contribution in [0, 0.1) is 5.82 Å². The number of allylic oxidation sites excluding steroid dienone is 1. The Balaban J connectivity index is 2.54. The lowest BCUT2D eigenvalue weighted by atomic mass is 10.1. The van der Waals surface area contributed by atoms with Crippen LogP contribution in [0.2, 0.25) is 0 Å². The molecule has 88 valence electrons. The van der Waals surface area contributed by atoms with Crippen molar-refractivity contribution in [2.24, 2.45) is 0 Å². The second-order valence-electron chi connectivity index (χ2n) is 4.14. The summed E-state index contributed by atoms with van der Waals surface area (Å²) in [6.45, 7) is 7.06. The first kappa shape index (κ1) is 12.8. The molecule has 0 aliphatic carbocycles. The maximum Gasteiger partial charge on any atom is 0.148 e. The van der Waals surface area contributed by atoms with Crippen LogP contribution < -0.4 is 5.32 Å². The van der Waals surface area contributed by atoms with Crippen molar-refractivity contribution in [3.8, 4) is 0 Å². The third-order valence-electron chi connectivity index (χ3n) is 2.34. The summed E-state index contributed by atoms with van der Waals surface area (Å²) >= 11 is 0. The highest BCUT2D eigenvalue weighted by atomic mass is 19.1. The Morgan fingerprint density at radius 1 is 1.56 bits per heavy atom. The van der Waals surface area contributed by atoms with Crippen molar-refractivity contribution in [2.45, 2.75) is 33.2 Å². The van der Waals surface area contributed by atoms with Crippen molar-refractivity contribution in [3.63, 3.8) is 0 Å². The molecule has 3 heteroatoms. The van der Waals surface area contributed by atoms with Crippen molar-refractivity contribution in [2.75, 3.05) is 6.54 Å². The standard InChI is InChI=1S/C13H19FN2/c1-10(2)16-7-4-5-11(3)12-6-8-15-9-13(12)14/h5-6,8-10,16H,4,7H2,1-3H3/b11-5-. The molecule has 1 rings (SSSR count). The van der Waals surface area contributed by atoms with Gasteiger partial charge in [-0.1, -0.05) is 19.9 Å². The molecule has 0 aliphatic rings. The van der Waals surface area contributed by atoms with E-state index < -0.39 is 0 Å². The molecule has 0 aliphatic heterocycles. The van der Waals surface area contributed by atoms with Gasteiger partial charge in [-0.05, 0) is 31.5 Å². The Morgan fingerprint density at radius 2 is 2.31 bits per heavy atom. The minimum Gasteiger partial charge on any atom is -0.314 e. The van der Waals surface area contributed by atoms with Crippen LogP contribution in [0.15, 0.2) is 24.5 Å². The fourth-order valence-corrected chi connectivity index (χ4v) is 1.47. The highest BCUT2D eigenvalue weighted by molar-refractivity contribution is 5.63. The molecule has 0 saturated heterocycles. The van der Waals surface area contributed by atoms with Crippen molar-refractivity contribution in [1.29, 1.82) is 0 Å². The molecule has 0 spiro atoms.